The van der Waals surface area contributed by atoms with Crippen LogP contribution in [0.2, 0.25) is 0 Å². The highest BCUT2D eigenvalue weighted by molar-refractivity contribution is 6.36. The number of Topliss-reactive ketones (excluding diaryl/α,β-unsaturated/α-hetero) is 1. The molecule has 0 spiro atoms. The van der Waals surface area contributed by atoms with Gasteiger partial charge >= 0.3 is 9.53 Å². The van der Waals surface area contributed by atoms with Crippen LogP contribution >= 0.6 is 0 Å². The molecule has 0 rings (SSSR count). The van der Waals surface area contributed by atoms with E-state index >= 15 is 0 Å². The molecule has 0 saturated carbocycles. The molecule has 0 aromatic carbocycles. The van der Waals surface area contributed by atoms with Crippen molar-refractivity contribution in [1.29, 1.82) is 0 Å². The molecule has 0 aliphatic carbocycles. The van der Waals surface area contributed by atoms with Crippen molar-refractivity contribution in [2.24, 2.45) is 0 Å². The summed E-state index contributed by atoms with van der Waals surface area (Å²) >= 11 is 0. The van der Waals surface area contributed by atoms with Gasteiger partial charge in [0.1, 0.15) is 12.2 Å². The lowest BCUT2D eigenvalue weighted by atomic mass is 10.3. The molecule has 0 fully saturated rings. The van der Waals surface area contributed by atoms with Crippen LogP contribution in [0.15, 0.2) is 0 Å². The molecule has 0 N–H and O–H groups in total. The fourth-order valence-corrected chi connectivity index (χ4v) is 2.08. The maximum atomic E-state index is 10.2. The molecule has 0 aliphatic heterocycles. The summed E-state index contributed by atoms with van der Waals surface area (Å²) in [4.78, 5) is 20.3. The van der Waals surface area contributed by atoms with Gasteiger partial charge in [0.25, 0.3) is 5.97 Å². The van der Waals surface area contributed by atoms with E-state index in [9.17, 15) is 9.59 Å². The van der Waals surface area contributed by atoms with Gasteiger partial charge < -0.3 is 17.7 Å². The van der Waals surface area contributed by atoms with Crippen LogP contribution in [0, 0.1) is 0 Å². The van der Waals surface area contributed by atoms with E-state index in [0.29, 0.717) is 30.3 Å². The second-order valence-corrected chi connectivity index (χ2v) is 5.10. The summed E-state index contributed by atoms with van der Waals surface area (Å²) in [5.41, 5.74) is 0. The Kier molecular flexibility index (Phi) is 16.0. The van der Waals surface area contributed by atoms with Crippen molar-refractivity contribution in [2.45, 2.75) is 34.1 Å². The molecule has 0 unspecified atom stereocenters. The molecule has 18 heavy (non-hydrogen) atoms. The first-order valence-corrected chi connectivity index (χ1v) is 8.15. The van der Waals surface area contributed by atoms with Crippen LogP contribution in [0.3, 0.4) is 0 Å². The third-order valence-corrected chi connectivity index (χ3v) is 3.80. The normalized spacial score (nSPS) is 9.83. The van der Waals surface area contributed by atoms with Crippen molar-refractivity contribution in [3.63, 3.8) is 0 Å². The first-order chi connectivity index (χ1) is 8.51. The van der Waals surface area contributed by atoms with Gasteiger partial charge in [0.15, 0.2) is 0 Å². The van der Waals surface area contributed by atoms with Crippen LogP contribution in [0.25, 0.3) is 0 Å². The number of hydrogen-bond donors (Lipinski definition) is 0. The summed E-state index contributed by atoms with van der Waals surface area (Å²) in [5.74, 6) is -0.560. The number of rotatable bonds is 8. The number of carbonyl (C=O) groups excluding carboxylic acids is 2. The smallest absolute Gasteiger partial charge is 0.484 e. The fourth-order valence-electron chi connectivity index (χ4n) is 0.828. The molecule has 108 valence electrons. The third-order valence-electron chi connectivity index (χ3n) is 1.53. The molecule has 0 heterocycles. The predicted molar refractivity (Wildman–Crippen MR) is 73.4 cm³/mol. The van der Waals surface area contributed by atoms with E-state index in [1.165, 1.54) is 6.92 Å². The molecule has 0 radical (unpaired) electrons. The maximum Gasteiger partial charge on any atom is 0.484 e. The zero-order valence-electron chi connectivity index (χ0n) is 11.9. The highest BCUT2D eigenvalue weighted by Gasteiger charge is 2.11. The molecule has 0 atom stereocenters. The molecule has 0 bridgehead atoms. The van der Waals surface area contributed by atoms with E-state index in [1.54, 1.807) is 0 Å². The summed E-state index contributed by atoms with van der Waals surface area (Å²) in [6.07, 6.45) is -0.0799. The van der Waals surface area contributed by atoms with Crippen molar-refractivity contribution >= 4 is 31.8 Å². The molecule has 8 heteroatoms. The highest BCUT2D eigenvalue weighted by Crippen LogP contribution is 1.91. The first kappa shape index (κ1) is 19.8. The van der Waals surface area contributed by atoms with E-state index in [-0.39, 0.29) is 12.2 Å². The van der Waals surface area contributed by atoms with E-state index in [4.69, 9.17) is 13.3 Å². The van der Waals surface area contributed by atoms with Gasteiger partial charge in [-0.2, -0.15) is 0 Å². The van der Waals surface area contributed by atoms with Gasteiger partial charge in [-0.3, -0.25) is 9.59 Å². The summed E-state index contributed by atoms with van der Waals surface area (Å²) in [6.45, 7) is 9.22. The van der Waals surface area contributed by atoms with Crippen LogP contribution in [-0.2, 0) is 27.3 Å². The summed E-state index contributed by atoms with van der Waals surface area (Å²) in [7, 11) is -1.36. The monoisotopic (exact) mass is 296 g/mol. The minimum atomic E-state index is -1.73. The summed E-state index contributed by atoms with van der Waals surface area (Å²) in [5, 5.41) is 0. The van der Waals surface area contributed by atoms with Crippen LogP contribution in [0.5, 0.6) is 0 Å². The fraction of sp³-hybridized carbons (Fsp3) is 0.800. The largest absolute Gasteiger partial charge is 0.528 e. The number of hydrogen-bond acceptors (Lipinski definition) is 6. The van der Waals surface area contributed by atoms with Crippen molar-refractivity contribution in [2.75, 3.05) is 19.8 Å². The minimum Gasteiger partial charge on any atom is -0.528 e. The van der Waals surface area contributed by atoms with Gasteiger partial charge in [-0.25, -0.2) is 0 Å². The second-order valence-electron chi connectivity index (χ2n) is 3.11. The molecule has 0 aromatic heterocycles. The number of ketones is 1. The summed E-state index contributed by atoms with van der Waals surface area (Å²) < 4.78 is 20.0. The van der Waals surface area contributed by atoms with E-state index in [2.05, 4.69) is 4.43 Å². The zero-order valence-corrected chi connectivity index (χ0v) is 15.0. The lowest BCUT2D eigenvalue weighted by molar-refractivity contribution is -0.137. The van der Waals surface area contributed by atoms with Crippen molar-refractivity contribution in [3.05, 3.63) is 0 Å². The standard InChI is InChI=1S/C6H16O3Si.C4H8O3Si/c1-4-7-10(8-5-2)9-6-3;1-3(5)2-4(6)7-8/h10H,4-6H2,1-3H3;2H2,1,8H3. The Balaban J connectivity index is 0. The maximum absolute atomic E-state index is 10.2. The zero-order chi connectivity index (χ0) is 14.4. The Labute approximate surface area is 113 Å². The van der Waals surface area contributed by atoms with Gasteiger partial charge in [0, 0.05) is 19.8 Å². The Hall–Kier alpha value is -0.546. The van der Waals surface area contributed by atoms with E-state index in [1.807, 2.05) is 20.8 Å². The van der Waals surface area contributed by atoms with E-state index in [0.717, 1.165) is 0 Å². The molecule has 0 amide bonds. The number of carbonyl (C=O) groups is 2. The Morgan fingerprint density at radius 1 is 1.00 bits per heavy atom. The quantitative estimate of drug-likeness (QED) is 0.448. The van der Waals surface area contributed by atoms with Crippen LogP contribution in [-0.4, -0.2) is 51.6 Å². The van der Waals surface area contributed by atoms with Gasteiger partial charge in [-0.15, -0.1) is 0 Å². The lowest BCUT2D eigenvalue weighted by Crippen LogP contribution is -2.27. The highest BCUT2D eigenvalue weighted by atomic mass is 28.3. The molecule has 0 aromatic rings. The molecule has 0 saturated heterocycles. The van der Waals surface area contributed by atoms with Crippen LogP contribution in [0.1, 0.15) is 34.1 Å². The van der Waals surface area contributed by atoms with Gasteiger partial charge in [-0.1, -0.05) is 0 Å². The Morgan fingerprint density at radius 2 is 1.39 bits per heavy atom. The van der Waals surface area contributed by atoms with Crippen molar-refractivity contribution < 1.29 is 27.3 Å². The molecular weight excluding hydrogens is 272 g/mol. The molecular formula is C10H24O6Si2. The van der Waals surface area contributed by atoms with Crippen molar-refractivity contribution in [3.8, 4) is 0 Å². The molecule has 6 nitrogen and oxygen atoms in total. The Bertz CT molecular complexity index is 210. The second kappa shape index (κ2) is 14.5. The lowest BCUT2D eigenvalue weighted by Gasteiger charge is -2.12. The van der Waals surface area contributed by atoms with E-state index < -0.39 is 15.5 Å². The topological polar surface area (TPSA) is 71.1 Å². The van der Waals surface area contributed by atoms with Crippen LogP contribution < -0.4 is 0 Å². The average Bonchev–Trinajstić information content (AvgIpc) is 2.30. The SMILES string of the molecule is CC(=O)CC(=O)O[SiH3].CCO[SiH](OCC)OCC. The minimum absolute atomic E-state index is 0.0799. The average molecular weight is 296 g/mol. The molecule has 0 aliphatic rings. The van der Waals surface area contributed by atoms with Gasteiger partial charge in [0.05, 0.1) is 0 Å². The predicted octanol–water partition coefficient (Wildman–Crippen LogP) is -0.398. The van der Waals surface area contributed by atoms with Crippen LogP contribution in [0.4, 0.5) is 0 Å². The van der Waals surface area contributed by atoms with Gasteiger partial charge in [-0.05, 0) is 27.7 Å². The Morgan fingerprint density at radius 3 is 1.56 bits per heavy atom. The third kappa shape index (κ3) is 15.5. The van der Waals surface area contributed by atoms with Crippen molar-refractivity contribution in [1.82, 2.24) is 0 Å². The van der Waals surface area contributed by atoms with Gasteiger partial charge in [0.2, 0.25) is 10.5 Å². The first-order valence-electron chi connectivity index (χ1n) is 5.92. The summed E-state index contributed by atoms with van der Waals surface area (Å²) in [6, 6.07) is 0.